The van der Waals surface area contributed by atoms with Crippen LogP contribution >= 0.6 is 11.3 Å². The fourth-order valence-electron chi connectivity index (χ4n) is 3.86. The van der Waals surface area contributed by atoms with Gasteiger partial charge in [0.2, 0.25) is 0 Å². The topological polar surface area (TPSA) is 97.3 Å². The second-order valence-corrected chi connectivity index (χ2v) is 13.0. The first-order valence-electron chi connectivity index (χ1n) is 10.2. The highest BCUT2D eigenvalue weighted by Gasteiger charge is 2.36. The van der Waals surface area contributed by atoms with E-state index in [1.807, 2.05) is 0 Å². The third-order valence-corrected chi connectivity index (χ3v) is 10.0. The maximum absolute atomic E-state index is 13.6. The lowest BCUT2D eigenvalue weighted by Gasteiger charge is -2.30. The van der Waals surface area contributed by atoms with E-state index in [-0.39, 0.29) is 33.3 Å². The van der Waals surface area contributed by atoms with Crippen molar-refractivity contribution in [3.63, 3.8) is 0 Å². The first kappa shape index (κ1) is 23.7. The molecule has 0 atom stereocenters. The van der Waals surface area contributed by atoms with Gasteiger partial charge in [0.05, 0.1) is 47.7 Å². The highest BCUT2D eigenvalue weighted by molar-refractivity contribution is 7.94. The maximum atomic E-state index is 13.6. The predicted octanol–water partition coefficient (Wildman–Crippen LogP) is 4.67. The van der Waals surface area contributed by atoms with E-state index in [1.165, 1.54) is 41.7 Å². The molecular weight excluding hydrogens is 523 g/mol. The molecule has 3 heterocycles. The number of rotatable bonds is 3. The Labute approximate surface area is 202 Å². The Morgan fingerprint density at radius 1 is 1.06 bits per heavy atom. The SMILES string of the molecule is Cc1nc2ccc(S(=O)(=O)N3CCS(=O)(=O)c4ccc(-c5ccc(C(F)(F)F)cn5)cc43)cc2s1. The molecule has 0 radical (unpaired) electrons. The quantitative estimate of drug-likeness (QED) is 0.376. The zero-order chi connectivity index (χ0) is 25.2. The zero-order valence-electron chi connectivity index (χ0n) is 17.9. The summed E-state index contributed by atoms with van der Waals surface area (Å²) in [5.74, 6) is -0.404. The Hall–Kier alpha value is -3.03. The number of aromatic nitrogens is 2. The summed E-state index contributed by atoms with van der Waals surface area (Å²) in [5.41, 5.74) is 0.0745. The summed E-state index contributed by atoms with van der Waals surface area (Å²) in [6, 6.07) is 10.5. The molecule has 13 heteroatoms. The van der Waals surface area contributed by atoms with Crippen LogP contribution in [0.15, 0.2) is 64.5 Å². The average Bonchev–Trinajstić information content (AvgIpc) is 3.17. The molecule has 0 unspecified atom stereocenters. The van der Waals surface area contributed by atoms with Gasteiger partial charge in [0, 0.05) is 18.3 Å². The molecule has 0 aliphatic carbocycles. The standard InChI is InChI=1S/C22H16F3N3O4S3/c1-13-27-18-6-4-16(11-20(18)33-13)35(31,32)28-8-9-34(29,30)21-7-2-14(10-19(21)28)17-5-3-15(12-26-17)22(23,24)25/h2-7,10-12H,8-9H2,1H3. The smallest absolute Gasteiger partial charge is 0.264 e. The summed E-state index contributed by atoms with van der Waals surface area (Å²) < 4.78 is 92.9. The molecule has 4 aromatic rings. The van der Waals surface area contributed by atoms with E-state index in [4.69, 9.17) is 0 Å². The maximum Gasteiger partial charge on any atom is 0.417 e. The van der Waals surface area contributed by atoms with Gasteiger partial charge in [-0.25, -0.2) is 21.8 Å². The number of fused-ring (bicyclic) bond motifs is 2. The Bertz CT molecular complexity index is 1680. The second-order valence-electron chi connectivity index (χ2n) is 7.87. The van der Waals surface area contributed by atoms with E-state index in [0.29, 0.717) is 16.4 Å². The number of sulfonamides is 1. The molecular formula is C22H16F3N3O4S3. The van der Waals surface area contributed by atoms with Gasteiger partial charge in [-0.1, -0.05) is 6.07 Å². The second kappa shape index (κ2) is 8.00. The molecule has 0 bridgehead atoms. The molecule has 0 spiro atoms. The number of alkyl halides is 3. The average molecular weight is 540 g/mol. The zero-order valence-corrected chi connectivity index (χ0v) is 20.4. The van der Waals surface area contributed by atoms with Crippen LogP contribution < -0.4 is 4.31 Å². The minimum absolute atomic E-state index is 0.0167. The number of thiazole rings is 1. The summed E-state index contributed by atoms with van der Waals surface area (Å²) in [4.78, 5) is 7.98. The van der Waals surface area contributed by atoms with Crippen molar-refractivity contribution in [3.05, 3.63) is 65.3 Å². The van der Waals surface area contributed by atoms with Gasteiger partial charge in [0.25, 0.3) is 10.0 Å². The number of hydrogen-bond acceptors (Lipinski definition) is 7. The van der Waals surface area contributed by atoms with Gasteiger partial charge in [-0.05, 0) is 49.4 Å². The number of halogens is 3. The summed E-state index contributed by atoms with van der Waals surface area (Å²) >= 11 is 1.34. The van der Waals surface area contributed by atoms with E-state index >= 15 is 0 Å². The van der Waals surface area contributed by atoms with Crippen LogP contribution in [0.3, 0.4) is 0 Å². The number of nitrogens with zero attached hydrogens (tertiary/aromatic N) is 3. The normalized spacial score (nSPS) is 15.8. The number of pyridine rings is 1. The van der Waals surface area contributed by atoms with Crippen LogP contribution in [0.5, 0.6) is 0 Å². The van der Waals surface area contributed by atoms with Crippen molar-refractivity contribution in [2.45, 2.75) is 22.9 Å². The van der Waals surface area contributed by atoms with Crippen molar-refractivity contribution in [3.8, 4) is 11.3 Å². The molecule has 7 nitrogen and oxygen atoms in total. The highest BCUT2D eigenvalue weighted by atomic mass is 32.2. The van der Waals surface area contributed by atoms with Gasteiger partial charge < -0.3 is 0 Å². The first-order valence-corrected chi connectivity index (χ1v) is 14.1. The summed E-state index contributed by atoms with van der Waals surface area (Å²) in [6.07, 6.45) is -3.88. The summed E-state index contributed by atoms with van der Waals surface area (Å²) in [5, 5.41) is 0.776. The third-order valence-electron chi connectivity index (χ3n) is 5.57. The third kappa shape index (κ3) is 4.17. The molecule has 5 rings (SSSR count). The van der Waals surface area contributed by atoms with Crippen LogP contribution in [0.25, 0.3) is 21.5 Å². The molecule has 35 heavy (non-hydrogen) atoms. The van der Waals surface area contributed by atoms with Crippen molar-refractivity contribution in [2.75, 3.05) is 16.6 Å². The van der Waals surface area contributed by atoms with Crippen molar-refractivity contribution in [1.82, 2.24) is 9.97 Å². The molecule has 182 valence electrons. The van der Waals surface area contributed by atoms with E-state index in [9.17, 15) is 30.0 Å². The van der Waals surface area contributed by atoms with Crippen molar-refractivity contribution in [1.29, 1.82) is 0 Å². The first-order chi connectivity index (χ1) is 16.4. The molecule has 0 fully saturated rings. The van der Waals surface area contributed by atoms with Gasteiger partial charge in [-0.3, -0.25) is 9.29 Å². The Morgan fingerprint density at radius 2 is 1.83 bits per heavy atom. The predicted molar refractivity (Wildman–Crippen MR) is 126 cm³/mol. The van der Waals surface area contributed by atoms with Gasteiger partial charge in [-0.15, -0.1) is 11.3 Å². The van der Waals surface area contributed by atoms with Crippen molar-refractivity contribution < 1.29 is 30.0 Å². The lowest BCUT2D eigenvalue weighted by atomic mass is 10.1. The van der Waals surface area contributed by atoms with Gasteiger partial charge in [0.15, 0.2) is 9.84 Å². The van der Waals surface area contributed by atoms with Gasteiger partial charge in [-0.2, -0.15) is 13.2 Å². The van der Waals surface area contributed by atoms with E-state index in [1.54, 1.807) is 13.0 Å². The Morgan fingerprint density at radius 3 is 2.51 bits per heavy atom. The molecule has 1 aliphatic rings. The van der Waals surface area contributed by atoms with E-state index < -0.39 is 37.4 Å². The number of anilines is 1. The molecule has 0 saturated heterocycles. The Kier molecular flexibility index (Phi) is 5.42. The van der Waals surface area contributed by atoms with Crippen LogP contribution in [0.4, 0.5) is 18.9 Å². The number of sulfone groups is 1. The molecule has 0 saturated carbocycles. The minimum atomic E-state index is -4.56. The fraction of sp³-hybridized carbons (Fsp3) is 0.182. The highest BCUT2D eigenvalue weighted by Crippen LogP contribution is 2.38. The fourth-order valence-corrected chi connectivity index (χ4v) is 7.88. The number of aryl methyl sites for hydroxylation is 1. The number of benzene rings is 2. The molecule has 1 aliphatic heterocycles. The van der Waals surface area contributed by atoms with Crippen LogP contribution in [-0.4, -0.2) is 39.1 Å². The summed E-state index contributed by atoms with van der Waals surface area (Å²) in [6.45, 7) is 1.50. The minimum Gasteiger partial charge on any atom is -0.264 e. The van der Waals surface area contributed by atoms with Crippen LogP contribution in [0.1, 0.15) is 10.6 Å². The van der Waals surface area contributed by atoms with Gasteiger partial charge >= 0.3 is 6.18 Å². The van der Waals surface area contributed by atoms with E-state index in [0.717, 1.165) is 21.4 Å². The van der Waals surface area contributed by atoms with Crippen molar-refractivity contribution in [2.24, 2.45) is 0 Å². The van der Waals surface area contributed by atoms with Crippen LogP contribution in [0, 0.1) is 6.92 Å². The molecule has 2 aromatic heterocycles. The van der Waals surface area contributed by atoms with Crippen LogP contribution in [-0.2, 0) is 26.0 Å². The number of hydrogen-bond donors (Lipinski definition) is 0. The molecule has 2 aromatic carbocycles. The lowest BCUT2D eigenvalue weighted by Crippen LogP contribution is -2.39. The Balaban J connectivity index is 1.62. The lowest BCUT2D eigenvalue weighted by molar-refractivity contribution is -0.137. The van der Waals surface area contributed by atoms with E-state index in [2.05, 4.69) is 9.97 Å². The van der Waals surface area contributed by atoms with Crippen molar-refractivity contribution >= 4 is 47.1 Å². The molecule has 0 N–H and O–H groups in total. The summed E-state index contributed by atoms with van der Waals surface area (Å²) in [7, 11) is -7.91. The van der Waals surface area contributed by atoms with Crippen LogP contribution in [0.2, 0.25) is 0 Å². The molecule has 0 amide bonds. The van der Waals surface area contributed by atoms with Gasteiger partial charge in [0.1, 0.15) is 0 Å². The largest absolute Gasteiger partial charge is 0.417 e. The monoisotopic (exact) mass is 539 g/mol.